The van der Waals surface area contributed by atoms with Gasteiger partial charge in [0.15, 0.2) is 0 Å². The molecule has 5 nitrogen and oxygen atoms in total. The maximum absolute atomic E-state index is 12.8. The van der Waals surface area contributed by atoms with Crippen molar-refractivity contribution >= 4 is 20.0 Å². The van der Waals surface area contributed by atoms with Gasteiger partial charge in [-0.2, -0.15) is 0 Å². The van der Waals surface area contributed by atoms with Gasteiger partial charge in [-0.15, -0.1) is 0 Å². The molecule has 3 rings (SSSR count). The van der Waals surface area contributed by atoms with Crippen LogP contribution in [0.15, 0.2) is 66.7 Å². The summed E-state index contributed by atoms with van der Waals surface area (Å²) in [5.74, 6) is -0.117. The summed E-state index contributed by atoms with van der Waals surface area (Å²) >= 11 is 0. The normalized spacial score (nSPS) is 11.2. The second-order valence-corrected chi connectivity index (χ2v) is 16.2. The summed E-state index contributed by atoms with van der Waals surface area (Å²) in [6.07, 6.45) is 1.33. The molecule has 0 heterocycles. The summed E-state index contributed by atoms with van der Waals surface area (Å²) in [6.45, 7) is 11.8. The lowest BCUT2D eigenvalue weighted by atomic mass is 10.0. The Hall–Kier alpha value is -3.38. The third kappa shape index (κ3) is 8.90. The molecule has 0 saturated carbocycles. The van der Waals surface area contributed by atoms with Crippen molar-refractivity contribution in [2.24, 2.45) is 0 Å². The average molecular weight is 519 g/mol. The van der Waals surface area contributed by atoms with Gasteiger partial charge in [-0.25, -0.2) is 9.59 Å². The van der Waals surface area contributed by atoms with Crippen LogP contribution in [0, 0.1) is 13.8 Å². The first-order valence-electron chi connectivity index (χ1n) is 12.8. The van der Waals surface area contributed by atoms with Gasteiger partial charge in [0.05, 0.1) is 18.8 Å². The monoisotopic (exact) mass is 518 g/mol. The van der Waals surface area contributed by atoms with Gasteiger partial charge in [-0.05, 0) is 61.6 Å². The Kier molecular flexibility index (Phi) is 10.1. The minimum Gasteiger partial charge on any atom is -0.492 e. The summed E-state index contributed by atoms with van der Waals surface area (Å²) < 4.78 is 17.2. The van der Waals surface area contributed by atoms with Crippen molar-refractivity contribution in [3.63, 3.8) is 0 Å². The smallest absolute Gasteiger partial charge is 0.341 e. The molecule has 0 unspecified atom stereocenters. The molecule has 0 aliphatic carbocycles. The summed E-state index contributed by atoms with van der Waals surface area (Å²) in [4.78, 5) is 25.6. The molecule has 0 aliphatic heterocycles. The molecule has 0 atom stereocenters. The molecule has 37 heavy (non-hydrogen) atoms. The Morgan fingerprint density at radius 3 is 2.24 bits per heavy atom. The van der Waals surface area contributed by atoms with E-state index in [0.717, 1.165) is 28.3 Å². The van der Waals surface area contributed by atoms with Crippen LogP contribution in [0.25, 0.3) is 0 Å². The number of esters is 2. The molecule has 0 radical (unpaired) electrons. The maximum atomic E-state index is 12.8. The lowest BCUT2D eigenvalue weighted by molar-refractivity contribution is 0.0469. The van der Waals surface area contributed by atoms with Crippen LogP contribution in [-0.4, -0.2) is 33.2 Å². The van der Waals surface area contributed by atoms with E-state index in [2.05, 4.69) is 19.6 Å². The molecule has 0 amide bonds. The Morgan fingerprint density at radius 1 is 0.784 bits per heavy atom. The summed E-state index contributed by atoms with van der Waals surface area (Å²) in [7, 11) is -1.29. The number of carbonyl (C=O) groups excluding carboxylic acids is 2. The Labute approximate surface area is 221 Å². The Bertz CT molecular complexity index is 1200. The minimum atomic E-state index is -1.29. The molecular weight excluding hydrogens is 480 g/mol. The van der Waals surface area contributed by atoms with E-state index in [1.165, 1.54) is 0 Å². The predicted molar refractivity (Wildman–Crippen MR) is 150 cm³/mol. The molecule has 0 aromatic heterocycles. The van der Waals surface area contributed by atoms with Crippen LogP contribution in [0.5, 0.6) is 5.75 Å². The van der Waals surface area contributed by atoms with E-state index in [0.29, 0.717) is 42.9 Å². The van der Waals surface area contributed by atoms with E-state index in [4.69, 9.17) is 14.2 Å². The fourth-order valence-corrected chi connectivity index (χ4v) is 4.61. The zero-order valence-electron chi connectivity index (χ0n) is 22.6. The fraction of sp³-hybridized carbons (Fsp3) is 0.355. The summed E-state index contributed by atoms with van der Waals surface area (Å²) in [6, 6.07) is 21.9. The molecule has 0 saturated heterocycles. The van der Waals surface area contributed by atoms with Gasteiger partial charge in [-0.3, -0.25) is 0 Å². The highest BCUT2D eigenvalue weighted by atomic mass is 28.3. The number of hydrogen-bond acceptors (Lipinski definition) is 5. The topological polar surface area (TPSA) is 61.8 Å². The van der Waals surface area contributed by atoms with E-state index < -0.39 is 8.07 Å². The molecule has 196 valence electrons. The molecule has 0 N–H and O–H groups in total. The molecule has 0 fully saturated rings. The van der Waals surface area contributed by atoms with E-state index >= 15 is 0 Å². The first-order chi connectivity index (χ1) is 17.6. The lowest BCUT2D eigenvalue weighted by Crippen LogP contribution is -2.23. The number of para-hydroxylation sites is 1. The SMILES string of the molecule is Cc1ccc(C(=O)OCc2ccccc2)c(CCCOc2c(C)cccc2C(=O)OCC[Si](C)(C)C)c1. The molecular formula is C31H38O5Si. The zero-order chi connectivity index (χ0) is 26.8. The molecule has 6 heteroatoms. The maximum Gasteiger partial charge on any atom is 0.341 e. The molecule has 0 aliphatic rings. The van der Waals surface area contributed by atoms with Crippen LogP contribution in [0.4, 0.5) is 0 Å². The van der Waals surface area contributed by atoms with Crippen molar-refractivity contribution < 1.29 is 23.8 Å². The van der Waals surface area contributed by atoms with Crippen LogP contribution >= 0.6 is 0 Å². The third-order valence-electron chi connectivity index (χ3n) is 6.05. The van der Waals surface area contributed by atoms with Crippen LogP contribution in [0.3, 0.4) is 0 Å². The third-order valence-corrected chi connectivity index (χ3v) is 7.75. The summed E-state index contributed by atoms with van der Waals surface area (Å²) in [5.41, 5.74) is 4.88. The van der Waals surface area contributed by atoms with Gasteiger partial charge >= 0.3 is 11.9 Å². The van der Waals surface area contributed by atoms with Crippen molar-refractivity contribution in [2.45, 2.75) is 59.0 Å². The predicted octanol–water partition coefficient (Wildman–Crippen LogP) is 7.17. The largest absolute Gasteiger partial charge is 0.492 e. The average Bonchev–Trinajstić information content (AvgIpc) is 2.85. The van der Waals surface area contributed by atoms with Crippen LogP contribution in [0.1, 0.15) is 49.4 Å². The van der Waals surface area contributed by atoms with Gasteiger partial charge in [0, 0.05) is 8.07 Å². The van der Waals surface area contributed by atoms with Crippen molar-refractivity contribution in [1.29, 1.82) is 0 Å². The zero-order valence-corrected chi connectivity index (χ0v) is 23.6. The van der Waals surface area contributed by atoms with Crippen molar-refractivity contribution in [2.75, 3.05) is 13.2 Å². The fourth-order valence-electron chi connectivity index (χ4n) is 3.90. The number of benzene rings is 3. The number of hydrogen-bond donors (Lipinski definition) is 0. The molecule has 3 aromatic carbocycles. The highest BCUT2D eigenvalue weighted by Gasteiger charge is 2.19. The van der Waals surface area contributed by atoms with Crippen LogP contribution in [0.2, 0.25) is 25.7 Å². The molecule has 0 bridgehead atoms. The number of rotatable bonds is 12. The number of aryl methyl sites for hydroxylation is 3. The second-order valence-electron chi connectivity index (χ2n) is 10.6. The van der Waals surface area contributed by atoms with Crippen molar-refractivity contribution in [3.05, 3.63) is 100 Å². The van der Waals surface area contributed by atoms with Crippen molar-refractivity contribution in [1.82, 2.24) is 0 Å². The Balaban J connectivity index is 1.60. The molecule has 0 spiro atoms. The van der Waals surface area contributed by atoms with E-state index in [-0.39, 0.29) is 18.5 Å². The minimum absolute atomic E-state index is 0.236. The summed E-state index contributed by atoms with van der Waals surface area (Å²) in [5, 5.41) is 0. The van der Waals surface area contributed by atoms with Gasteiger partial charge < -0.3 is 14.2 Å². The second kappa shape index (κ2) is 13.2. The highest BCUT2D eigenvalue weighted by Crippen LogP contribution is 2.25. The van der Waals surface area contributed by atoms with Gasteiger partial charge in [0.25, 0.3) is 0 Å². The van der Waals surface area contributed by atoms with Crippen molar-refractivity contribution in [3.8, 4) is 5.75 Å². The van der Waals surface area contributed by atoms with E-state index in [1.807, 2.05) is 74.5 Å². The first-order valence-corrected chi connectivity index (χ1v) is 16.5. The van der Waals surface area contributed by atoms with Crippen LogP contribution in [-0.2, 0) is 22.5 Å². The molecule has 3 aromatic rings. The highest BCUT2D eigenvalue weighted by molar-refractivity contribution is 6.76. The van der Waals surface area contributed by atoms with Gasteiger partial charge in [-0.1, -0.05) is 79.8 Å². The van der Waals surface area contributed by atoms with Gasteiger partial charge in [0.1, 0.15) is 17.9 Å². The number of carbonyl (C=O) groups is 2. The quantitative estimate of drug-likeness (QED) is 0.145. The Morgan fingerprint density at radius 2 is 1.51 bits per heavy atom. The van der Waals surface area contributed by atoms with Crippen LogP contribution < -0.4 is 4.74 Å². The first kappa shape index (κ1) is 28.2. The van der Waals surface area contributed by atoms with E-state index in [1.54, 1.807) is 6.07 Å². The standard InChI is InChI=1S/C31H38O5Si/c1-23-16-17-27(30(32)36-22-25-12-7-6-8-13-25)26(21-23)14-10-18-34-29-24(2)11-9-15-28(29)31(33)35-19-20-37(3,4)5/h6-9,11-13,15-17,21H,10,14,18-20,22H2,1-5H3. The van der Waals surface area contributed by atoms with Gasteiger partial charge in [0.2, 0.25) is 0 Å². The number of ether oxygens (including phenoxy) is 3. The lowest BCUT2D eigenvalue weighted by Gasteiger charge is -2.17. The van der Waals surface area contributed by atoms with E-state index in [9.17, 15) is 9.59 Å².